The van der Waals surface area contributed by atoms with Crippen LogP contribution in [0.25, 0.3) is 0 Å². The van der Waals surface area contributed by atoms with Crippen molar-refractivity contribution in [3.8, 4) is 5.75 Å². The Morgan fingerprint density at radius 2 is 1.93 bits per heavy atom. The van der Waals surface area contributed by atoms with Crippen LogP contribution >= 0.6 is 11.3 Å². The number of thiophene rings is 1. The minimum atomic E-state index is -0.395. The predicted molar refractivity (Wildman–Crippen MR) is 112 cm³/mol. The molecule has 1 heterocycles. The van der Waals surface area contributed by atoms with Crippen LogP contribution in [-0.4, -0.2) is 25.6 Å². The van der Waals surface area contributed by atoms with Crippen molar-refractivity contribution in [1.82, 2.24) is 0 Å². The summed E-state index contributed by atoms with van der Waals surface area (Å²) in [5.41, 5.74) is 4.67. The molecule has 6 heteroatoms. The number of methoxy groups -OCH3 is 1. The summed E-state index contributed by atoms with van der Waals surface area (Å²) in [5, 5.41) is 3.44. The Labute approximate surface area is 170 Å². The second-order valence-electron chi connectivity index (χ2n) is 7.54. The Balaban J connectivity index is 1.77. The van der Waals surface area contributed by atoms with Gasteiger partial charge in [0.2, 0.25) is 0 Å². The van der Waals surface area contributed by atoms with Crippen molar-refractivity contribution in [2.24, 2.45) is 5.92 Å². The molecular weight excluding hydrogens is 374 g/mol. The van der Waals surface area contributed by atoms with Crippen molar-refractivity contribution in [3.63, 3.8) is 0 Å². The third-order valence-electron chi connectivity index (χ3n) is 5.38. The second-order valence-corrected chi connectivity index (χ2v) is 8.64. The van der Waals surface area contributed by atoms with Crippen LogP contribution in [0.1, 0.15) is 50.8 Å². The molecule has 3 rings (SSSR count). The van der Waals surface area contributed by atoms with Gasteiger partial charge in [0, 0.05) is 4.88 Å². The molecule has 5 nitrogen and oxygen atoms in total. The van der Waals surface area contributed by atoms with Crippen molar-refractivity contribution in [2.75, 3.05) is 19.0 Å². The van der Waals surface area contributed by atoms with Gasteiger partial charge in [-0.1, -0.05) is 19.1 Å². The van der Waals surface area contributed by atoms with Crippen LogP contribution in [0, 0.1) is 26.7 Å². The third kappa shape index (κ3) is 4.07. The van der Waals surface area contributed by atoms with E-state index in [9.17, 15) is 9.59 Å². The summed E-state index contributed by atoms with van der Waals surface area (Å²) in [4.78, 5) is 26.1. The van der Waals surface area contributed by atoms with E-state index in [1.54, 1.807) is 0 Å². The maximum atomic E-state index is 12.6. The first-order valence-corrected chi connectivity index (χ1v) is 10.4. The fourth-order valence-electron chi connectivity index (χ4n) is 3.60. The first-order valence-electron chi connectivity index (χ1n) is 9.54. The maximum Gasteiger partial charge on any atom is 0.341 e. The molecule has 1 amide bonds. The average molecular weight is 402 g/mol. The zero-order valence-electron chi connectivity index (χ0n) is 17.1. The number of amides is 1. The monoisotopic (exact) mass is 401 g/mol. The molecule has 0 bridgehead atoms. The van der Waals surface area contributed by atoms with Gasteiger partial charge in [-0.05, 0) is 68.2 Å². The highest BCUT2D eigenvalue weighted by Crippen LogP contribution is 2.40. The smallest absolute Gasteiger partial charge is 0.341 e. The first kappa shape index (κ1) is 20.4. The summed E-state index contributed by atoms with van der Waals surface area (Å²) in [7, 11) is 1.37. The number of hydrogen-bond acceptors (Lipinski definition) is 5. The third-order valence-corrected chi connectivity index (χ3v) is 6.55. The molecule has 1 unspecified atom stereocenters. The Hall–Kier alpha value is -2.34. The van der Waals surface area contributed by atoms with Gasteiger partial charge in [-0.25, -0.2) is 4.79 Å². The van der Waals surface area contributed by atoms with Gasteiger partial charge in [0.15, 0.2) is 6.61 Å². The summed E-state index contributed by atoms with van der Waals surface area (Å²) in [6.45, 7) is 8.06. The van der Waals surface area contributed by atoms with Crippen LogP contribution in [-0.2, 0) is 22.4 Å². The quantitative estimate of drug-likeness (QED) is 0.744. The number of hydrogen-bond donors (Lipinski definition) is 1. The summed E-state index contributed by atoms with van der Waals surface area (Å²) >= 11 is 1.48. The van der Waals surface area contributed by atoms with Gasteiger partial charge < -0.3 is 14.8 Å². The molecule has 1 aromatic heterocycles. The van der Waals surface area contributed by atoms with E-state index in [1.165, 1.54) is 23.3 Å². The topological polar surface area (TPSA) is 64.6 Å². The van der Waals surface area contributed by atoms with Crippen LogP contribution in [0.4, 0.5) is 5.00 Å². The van der Waals surface area contributed by atoms with E-state index in [1.807, 2.05) is 32.9 Å². The fourth-order valence-corrected chi connectivity index (χ4v) is 5.02. The number of ether oxygens (including phenoxy) is 2. The van der Waals surface area contributed by atoms with E-state index in [-0.39, 0.29) is 12.5 Å². The SMILES string of the molecule is COC(=O)c1c(NC(=O)COc2c(C)ccc(C)c2C)sc2c1CCC(C)C2. The Morgan fingerprint density at radius 1 is 1.21 bits per heavy atom. The van der Waals surface area contributed by atoms with Crippen LogP contribution in [0.3, 0.4) is 0 Å². The molecule has 0 aliphatic heterocycles. The molecule has 0 radical (unpaired) electrons. The van der Waals surface area contributed by atoms with Crippen molar-refractivity contribution >= 4 is 28.2 Å². The van der Waals surface area contributed by atoms with Crippen molar-refractivity contribution in [1.29, 1.82) is 0 Å². The minimum Gasteiger partial charge on any atom is -0.483 e. The van der Waals surface area contributed by atoms with E-state index < -0.39 is 5.97 Å². The van der Waals surface area contributed by atoms with Crippen LogP contribution in [0.15, 0.2) is 12.1 Å². The second kappa shape index (κ2) is 8.35. The molecule has 0 saturated carbocycles. The Kier molecular flexibility index (Phi) is 6.08. The number of nitrogens with one attached hydrogen (secondary N) is 1. The summed E-state index contributed by atoms with van der Waals surface area (Å²) < 4.78 is 10.8. The van der Waals surface area contributed by atoms with Gasteiger partial charge in [0.25, 0.3) is 5.91 Å². The lowest BCUT2D eigenvalue weighted by atomic mass is 9.88. The standard InChI is InChI=1S/C22H27NO4S/c1-12-6-9-16-17(10-12)28-21(19(16)22(25)26-5)23-18(24)11-27-20-14(3)8-7-13(2)15(20)4/h7-8,12H,6,9-11H2,1-5H3,(H,23,24). The first-order chi connectivity index (χ1) is 13.3. The summed E-state index contributed by atoms with van der Waals surface area (Å²) in [6, 6.07) is 4.02. The number of rotatable bonds is 5. The molecule has 1 aliphatic rings. The zero-order valence-corrected chi connectivity index (χ0v) is 17.9. The van der Waals surface area contributed by atoms with E-state index in [4.69, 9.17) is 9.47 Å². The number of aryl methyl sites for hydroxylation is 2. The Bertz CT molecular complexity index is 916. The molecule has 0 fully saturated rings. The normalized spacial score (nSPS) is 15.7. The van der Waals surface area contributed by atoms with E-state index >= 15 is 0 Å². The molecule has 0 spiro atoms. The Morgan fingerprint density at radius 3 is 2.64 bits per heavy atom. The lowest BCUT2D eigenvalue weighted by Gasteiger charge is -2.18. The number of esters is 1. The number of carbonyl (C=O) groups excluding carboxylic acids is 2. The summed E-state index contributed by atoms with van der Waals surface area (Å²) in [6.07, 6.45) is 2.81. The number of fused-ring (bicyclic) bond motifs is 1. The molecule has 0 saturated heterocycles. The van der Waals surface area contributed by atoms with Gasteiger partial charge in [0.1, 0.15) is 10.8 Å². The highest BCUT2D eigenvalue weighted by molar-refractivity contribution is 7.17. The van der Waals surface area contributed by atoms with Crippen LogP contribution in [0.2, 0.25) is 0 Å². The van der Waals surface area contributed by atoms with Crippen molar-refractivity contribution in [2.45, 2.75) is 47.0 Å². The van der Waals surface area contributed by atoms with Crippen molar-refractivity contribution in [3.05, 3.63) is 44.8 Å². The maximum absolute atomic E-state index is 12.6. The lowest BCUT2D eigenvalue weighted by molar-refractivity contribution is -0.118. The molecule has 28 heavy (non-hydrogen) atoms. The lowest BCUT2D eigenvalue weighted by Crippen LogP contribution is -2.22. The van der Waals surface area contributed by atoms with Crippen molar-refractivity contribution < 1.29 is 19.1 Å². The fraction of sp³-hybridized carbons (Fsp3) is 0.455. The average Bonchev–Trinajstić information content (AvgIpc) is 3.00. The molecule has 2 aromatic rings. The van der Waals surface area contributed by atoms with Crippen LogP contribution < -0.4 is 10.1 Å². The molecule has 1 aromatic carbocycles. The largest absolute Gasteiger partial charge is 0.483 e. The van der Waals surface area contributed by atoms with E-state index in [0.29, 0.717) is 16.5 Å². The van der Waals surface area contributed by atoms with Crippen LogP contribution in [0.5, 0.6) is 5.75 Å². The van der Waals surface area contributed by atoms with Gasteiger partial charge in [-0.3, -0.25) is 4.79 Å². The predicted octanol–water partition coefficient (Wildman–Crippen LogP) is 4.60. The van der Waals surface area contributed by atoms with E-state index in [2.05, 4.69) is 12.2 Å². The highest BCUT2D eigenvalue weighted by Gasteiger charge is 2.29. The summed E-state index contributed by atoms with van der Waals surface area (Å²) in [5.74, 6) is 0.643. The van der Waals surface area contributed by atoms with Gasteiger partial charge in [-0.2, -0.15) is 0 Å². The number of benzene rings is 1. The number of anilines is 1. The van der Waals surface area contributed by atoms with E-state index in [0.717, 1.165) is 47.3 Å². The minimum absolute atomic E-state index is 0.106. The van der Waals surface area contributed by atoms with Gasteiger partial charge in [-0.15, -0.1) is 11.3 Å². The zero-order chi connectivity index (χ0) is 20.4. The molecule has 1 N–H and O–H groups in total. The molecule has 1 atom stereocenters. The van der Waals surface area contributed by atoms with Gasteiger partial charge >= 0.3 is 5.97 Å². The molecule has 150 valence electrons. The molecular formula is C22H27NO4S. The van der Waals surface area contributed by atoms with Gasteiger partial charge in [0.05, 0.1) is 12.7 Å². The highest BCUT2D eigenvalue weighted by atomic mass is 32.1. The number of carbonyl (C=O) groups is 2. The molecule has 1 aliphatic carbocycles.